The number of carbonyl (C=O) groups is 5. The van der Waals surface area contributed by atoms with Crippen molar-refractivity contribution < 1.29 is 42.6 Å². The summed E-state index contributed by atoms with van der Waals surface area (Å²) >= 11 is 1.37. The number of amides is 4. The van der Waals surface area contributed by atoms with E-state index in [2.05, 4.69) is 31.1 Å². The minimum absolute atomic E-state index is 0.0776. The number of likely N-dealkylation sites (tertiary alicyclic amines) is 1. The Hall–Kier alpha value is -7.14. The number of carbonyl (C=O) groups excluding carboxylic acids is 5. The molecule has 0 spiro atoms. The lowest BCUT2D eigenvalue weighted by Crippen LogP contribution is -2.55. The van der Waals surface area contributed by atoms with Gasteiger partial charge in [0, 0.05) is 73.1 Å². The lowest BCUT2D eigenvalue weighted by atomic mass is 9.83. The van der Waals surface area contributed by atoms with Gasteiger partial charge in [0.25, 0.3) is 5.91 Å². The molecule has 77 heavy (non-hydrogen) atoms. The van der Waals surface area contributed by atoms with Crippen molar-refractivity contribution in [2.24, 2.45) is 5.92 Å². The smallest absolute Gasteiger partial charge is 0.254 e. The summed E-state index contributed by atoms with van der Waals surface area (Å²) < 4.78 is 34.8. The van der Waals surface area contributed by atoms with Crippen LogP contribution in [-0.4, -0.2) is 159 Å². The van der Waals surface area contributed by atoms with Crippen molar-refractivity contribution in [3.8, 4) is 17.0 Å². The van der Waals surface area contributed by atoms with E-state index in [1.807, 2.05) is 15.5 Å². The van der Waals surface area contributed by atoms with Gasteiger partial charge in [-0.15, -0.1) is 11.3 Å². The Kier molecular flexibility index (Phi) is 16.9. The molecule has 406 valence electrons. The summed E-state index contributed by atoms with van der Waals surface area (Å²) in [7, 11) is 1.73. The number of nitrogens with zero attached hydrogens (tertiary/aromatic N) is 8. The predicted octanol–water partition coefficient (Wildman–Crippen LogP) is 6.30. The van der Waals surface area contributed by atoms with E-state index in [0.717, 1.165) is 74.7 Å². The Bertz CT molecular complexity index is 3060. The monoisotopic (exact) mass is 1070 g/mol. The molecule has 20 nitrogen and oxygen atoms in total. The zero-order valence-electron chi connectivity index (χ0n) is 43.4. The van der Waals surface area contributed by atoms with Crippen LogP contribution >= 0.6 is 11.3 Å². The molecule has 2 aromatic carbocycles. The number of ketones is 1. The summed E-state index contributed by atoms with van der Waals surface area (Å²) in [5.74, 6) is -0.346. The third-order valence-electron chi connectivity index (χ3n) is 15.0. The van der Waals surface area contributed by atoms with E-state index in [9.17, 15) is 24.0 Å². The van der Waals surface area contributed by atoms with E-state index in [4.69, 9.17) is 24.2 Å². The van der Waals surface area contributed by atoms with Crippen molar-refractivity contribution in [3.05, 3.63) is 106 Å². The highest BCUT2D eigenvalue weighted by Gasteiger charge is 2.40. The maximum absolute atomic E-state index is 15.7. The number of ether oxygens (including phenoxy) is 3. The minimum atomic E-state index is -0.606. The van der Waals surface area contributed by atoms with Crippen LogP contribution < -0.4 is 20.7 Å². The Balaban J connectivity index is 0.628. The van der Waals surface area contributed by atoms with Crippen LogP contribution in [0, 0.1) is 11.7 Å². The zero-order valence-corrected chi connectivity index (χ0v) is 44.2. The highest BCUT2D eigenvalue weighted by Crippen LogP contribution is 2.41. The number of anilines is 2. The highest BCUT2D eigenvalue weighted by molar-refractivity contribution is 7.10. The molecule has 3 atom stereocenters. The molecule has 4 aliphatic rings. The lowest BCUT2D eigenvalue weighted by Gasteiger charge is -2.35. The van der Waals surface area contributed by atoms with Gasteiger partial charge in [-0.2, -0.15) is 5.10 Å². The maximum atomic E-state index is 15.7. The Morgan fingerprint density at radius 2 is 1.65 bits per heavy atom. The van der Waals surface area contributed by atoms with Gasteiger partial charge in [-0.3, -0.25) is 33.5 Å². The van der Waals surface area contributed by atoms with Crippen LogP contribution in [0.1, 0.15) is 114 Å². The van der Waals surface area contributed by atoms with Gasteiger partial charge in [-0.1, -0.05) is 31.4 Å². The van der Waals surface area contributed by atoms with Crippen LogP contribution in [0.15, 0.2) is 72.6 Å². The molecule has 1 unspecified atom stereocenters. The summed E-state index contributed by atoms with van der Waals surface area (Å²) in [5.41, 5.74) is 4.19. The number of aromatic nitrogens is 6. The number of halogens is 1. The van der Waals surface area contributed by atoms with E-state index in [1.54, 1.807) is 78.1 Å². The van der Waals surface area contributed by atoms with Gasteiger partial charge >= 0.3 is 0 Å². The van der Waals surface area contributed by atoms with E-state index in [0.29, 0.717) is 59.0 Å². The number of imidazole rings is 1. The van der Waals surface area contributed by atoms with Crippen molar-refractivity contribution in [1.82, 2.24) is 54.9 Å². The molecule has 4 aromatic heterocycles. The van der Waals surface area contributed by atoms with E-state index in [-0.39, 0.29) is 98.7 Å². The minimum Gasteiger partial charge on any atom is -0.491 e. The second kappa shape index (κ2) is 24.5. The second-order valence-electron chi connectivity index (χ2n) is 20.1. The zero-order chi connectivity index (χ0) is 53.4. The van der Waals surface area contributed by atoms with E-state index in [1.165, 1.54) is 23.5 Å². The maximum Gasteiger partial charge on any atom is 0.254 e. The molecule has 4 amide bonds. The van der Waals surface area contributed by atoms with Crippen molar-refractivity contribution in [1.29, 1.82) is 0 Å². The van der Waals surface area contributed by atoms with Crippen LogP contribution in [0.25, 0.3) is 16.9 Å². The Morgan fingerprint density at radius 3 is 2.42 bits per heavy atom. The lowest BCUT2D eigenvalue weighted by molar-refractivity contribution is -0.139. The number of fused-ring (bicyclic) bond motifs is 1. The number of thiazole rings is 1. The van der Waals surface area contributed by atoms with Crippen LogP contribution in [0.3, 0.4) is 0 Å². The summed E-state index contributed by atoms with van der Waals surface area (Å²) in [5, 5.41) is 18.5. The van der Waals surface area contributed by atoms with Gasteiger partial charge < -0.3 is 44.9 Å². The Morgan fingerprint density at radius 1 is 0.857 bits per heavy atom. The van der Waals surface area contributed by atoms with E-state index < -0.39 is 17.9 Å². The topological polar surface area (TPSA) is 231 Å². The summed E-state index contributed by atoms with van der Waals surface area (Å²) in [6.07, 6.45) is 15.8. The molecule has 2 aliphatic heterocycles. The van der Waals surface area contributed by atoms with Crippen molar-refractivity contribution >= 4 is 57.9 Å². The average molecular weight is 1070 g/mol. The summed E-state index contributed by atoms with van der Waals surface area (Å²) in [6, 6.07) is 9.92. The number of piperazine rings is 1. The fourth-order valence-corrected chi connectivity index (χ4v) is 11.3. The number of likely N-dealkylation sites (N-methyl/N-ethyl adjacent to an activating group) is 1. The molecule has 2 saturated carbocycles. The molecular formula is C55H65FN12O8S. The molecule has 4 N–H and O–H groups in total. The van der Waals surface area contributed by atoms with Gasteiger partial charge in [-0.25, -0.2) is 19.3 Å². The molecule has 6 aromatic rings. The summed E-state index contributed by atoms with van der Waals surface area (Å²) in [6.45, 7) is 4.29. The molecule has 0 bridgehead atoms. The summed E-state index contributed by atoms with van der Waals surface area (Å²) in [4.78, 5) is 86.6. The molecule has 6 heterocycles. The van der Waals surface area contributed by atoms with Crippen LogP contribution in [0.2, 0.25) is 0 Å². The van der Waals surface area contributed by atoms with Gasteiger partial charge in [0.05, 0.1) is 61.4 Å². The molecule has 0 radical (unpaired) electrons. The van der Waals surface area contributed by atoms with Crippen LogP contribution in [0.4, 0.5) is 15.9 Å². The predicted molar refractivity (Wildman–Crippen MR) is 285 cm³/mol. The number of hydrogen-bond donors (Lipinski definition) is 4. The quantitative estimate of drug-likeness (QED) is 0.0432. The largest absolute Gasteiger partial charge is 0.491 e. The molecule has 2 aliphatic carbocycles. The van der Waals surface area contributed by atoms with E-state index >= 15 is 4.39 Å². The second-order valence-corrected chi connectivity index (χ2v) is 21.0. The molecule has 10 rings (SSSR count). The standard InChI is InChI=1S/C55H65FN12O8S/c1-34(57-2)52(71)64-48(36-8-4-3-5-9-36)55(73)67-17-7-12-45(67)53-63-44(33-77-53)49(70)37-10-6-11-40(26-37)76-25-24-74-22-23-75-32-47(69)65-18-20-66(21-19-65)54(72)38-15-16-42(41(56)27-38)61-50-51-58-30-46(39-28-59-60-29-39)68(51)31-43(62-50)35-13-14-35/h6,10-11,15-16,26-31,33-36,45,48,57H,3-5,7-9,12-14,17-25,32H2,1-2H3,(H,59,60)(H,61,62)(H,64,71)/t34-,45-,48?/m0/s1. The first-order chi connectivity index (χ1) is 37.5. The van der Waals surface area contributed by atoms with Crippen LogP contribution in [0.5, 0.6) is 5.75 Å². The van der Waals surface area contributed by atoms with Crippen LogP contribution in [-0.2, 0) is 23.9 Å². The van der Waals surface area contributed by atoms with Crippen molar-refractivity contribution in [2.75, 3.05) is 78.1 Å². The first kappa shape index (κ1) is 53.3. The molecule has 22 heteroatoms. The number of aromatic amines is 1. The number of rotatable bonds is 22. The van der Waals surface area contributed by atoms with Gasteiger partial charge in [-0.05, 0) is 88.7 Å². The molecular weight excluding hydrogens is 1010 g/mol. The van der Waals surface area contributed by atoms with Gasteiger partial charge in [0.15, 0.2) is 11.5 Å². The fraction of sp³-hybridized carbons (Fsp3) is 0.473. The SMILES string of the molecule is CN[C@@H](C)C(=O)NC(C(=O)N1CCC[C@H]1c1nc(C(=O)c2cccc(OCCOCCOCC(=O)N3CCN(C(=O)c4ccc(Nc5nc(C6CC6)cn6c(-c7cn[nH]c7)cnc56)c(F)c4)CC3)c2)cs1)C1CCCCC1. The van der Waals surface area contributed by atoms with Crippen molar-refractivity contribution in [3.63, 3.8) is 0 Å². The molecule has 2 saturated heterocycles. The third kappa shape index (κ3) is 12.5. The molecule has 4 fully saturated rings. The first-order valence-corrected chi connectivity index (χ1v) is 27.6. The fourth-order valence-electron chi connectivity index (χ4n) is 10.3. The first-order valence-electron chi connectivity index (χ1n) is 26.7. The average Bonchev–Trinajstić information content (AvgIpc) is 3.92. The number of nitrogens with one attached hydrogen (secondary N) is 4. The highest BCUT2D eigenvalue weighted by atomic mass is 32.1. The normalized spacial score (nSPS) is 17.9. The third-order valence-corrected chi connectivity index (χ3v) is 15.9. The number of benzene rings is 2. The number of H-pyrrole nitrogens is 1. The van der Waals surface area contributed by atoms with Gasteiger partial charge in [0.1, 0.15) is 41.5 Å². The van der Waals surface area contributed by atoms with Gasteiger partial charge in [0.2, 0.25) is 23.5 Å². The Labute approximate surface area is 449 Å². The van der Waals surface area contributed by atoms with Crippen molar-refractivity contribution in [2.45, 2.75) is 88.8 Å². The number of hydrogen-bond acceptors (Lipinski definition) is 15.